The van der Waals surface area contributed by atoms with Crippen LogP contribution in [0.1, 0.15) is 13.8 Å². The number of rotatable bonds is 5. The number of halogens is 4. The van der Waals surface area contributed by atoms with E-state index in [4.69, 9.17) is 4.74 Å². The number of nitrogens with one attached hydrogen (secondary N) is 1. The second-order valence-corrected chi connectivity index (χ2v) is 9.92. The van der Waals surface area contributed by atoms with Crippen molar-refractivity contribution < 1.29 is 27.4 Å². The molecule has 3 atom stereocenters. The Kier molecular flexibility index (Phi) is 6.29. The van der Waals surface area contributed by atoms with Gasteiger partial charge in [-0.3, -0.25) is 19.1 Å². The normalized spacial score (nSPS) is 22.7. The topological polar surface area (TPSA) is 85.7 Å². The maximum Gasteiger partial charge on any atom is 0.573 e. The summed E-state index contributed by atoms with van der Waals surface area (Å²) >= 11 is 3.33. The summed E-state index contributed by atoms with van der Waals surface area (Å²) in [5, 5.41) is 2.89. The van der Waals surface area contributed by atoms with Gasteiger partial charge in [-0.15, -0.1) is 13.2 Å². The third-order valence-corrected chi connectivity index (χ3v) is 7.22. The van der Waals surface area contributed by atoms with E-state index in [0.717, 1.165) is 10.5 Å². The molecular weight excluding hydrogens is 545 g/mol. The SMILES string of the molecule is CC1C2CN(C(C)C(=O)Nc3cc(-n4cnc5cc(Br)ccc5c4=O)ccc3OC(F)(F)F)CC1O2. The largest absolute Gasteiger partial charge is 0.573 e. The number of piperidine rings is 1. The zero-order valence-electron chi connectivity index (χ0n) is 19.3. The number of ether oxygens (including phenoxy) is 2. The molecule has 3 aliphatic heterocycles. The highest BCUT2D eigenvalue weighted by Gasteiger charge is 2.47. The van der Waals surface area contributed by atoms with E-state index < -0.39 is 29.6 Å². The predicted octanol–water partition coefficient (Wildman–Crippen LogP) is 4.09. The summed E-state index contributed by atoms with van der Waals surface area (Å²) in [6.07, 6.45) is -3.60. The van der Waals surface area contributed by atoms with Gasteiger partial charge in [-0.1, -0.05) is 22.9 Å². The van der Waals surface area contributed by atoms with Gasteiger partial charge in [-0.05, 0) is 43.3 Å². The molecule has 0 radical (unpaired) electrons. The van der Waals surface area contributed by atoms with Gasteiger partial charge < -0.3 is 14.8 Å². The molecule has 3 aromatic rings. The molecule has 3 aliphatic rings. The van der Waals surface area contributed by atoms with Crippen LogP contribution < -0.4 is 15.6 Å². The Morgan fingerprint density at radius 3 is 2.61 bits per heavy atom. The molecule has 1 amide bonds. The smallest absolute Gasteiger partial charge is 0.404 e. The molecule has 4 heterocycles. The molecule has 3 unspecified atom stereocenters. The van der Waals surface area contributed by atoms with E-state index in [1.165, 1.54) is 23.0 Å². The van der Waals surface area contributed by atoms with Crippen LogP contribution in [0.4, 0.5) is 18.9 Å². The highest BCUT2D eigenvalue weighted by Crippen LogP contribution is 2.36. The Labute approximate surface area is 212 Å². The molecule has 8 nitrogen and oxygen atoms in total. The van der Waals surface area contributed by atoms with Gasteiger partial charge in [0.25, 0.3) is 5.56 Å². The van der Waals surface area contributed by atoms with E-state index in [-0.39, 0.29) is 23.6 Å². The van der Waals surface area contributed by atoms with E-state index in [9.17, 15) is 22.8 Å². The zero-order chi connectivity index (χ0) is 25.8. The lowest BCUT2D eigenvalue weighted by Gasteiger charge is -2.53. The van der Waals surface area contributed by atoms with Gasteiger partial charge in [0.1, 0.15) is 6.33 Å². The first kappa shape index (κ1) is 24.7. The monoisotopic (exact) mass is 566 g/mol. The predicted molar refractivity (Wildman–Crippen MR) is 129 cm³/mol. The van der Waals surface area contributed by atoms with Crippen molar-refractivity contribution in [3.8, 4) is 11.4 Å². The molecule has 0 aliphatic carbocycles. The number of nitrogens with zero attached hydrogens (tertiary/aromatic N) is 3. The van der Waals surface area contributed by atoms with Crippen LogP contribution in [0.5, 0.6) is 5.75 Å². The van der Waals surface area contributed by atoms with E-state index in [0.29, 0.717) is 29.9 Å². The van der Waals surface area contributed by atoms with Crippen LogP contribution in [0.15, 0.2) is 52.0 Å². The van der Waals surface area contributed by atoms with Crippen molar-refractivity contribution in [2.45, 2.75) is 38.5 Å². The third kappa shape index (κ3) is 4.72. The van der Waals surface area contributed by atoms with Crippen molar-refractivity contribution in [1.82, 2.24) is 14.5 Å². The van der Waals surface area contributed by atoms with Gasteiger partial charge in [0.15, 0.2) is 5.75 Å². The molecule has 12 heteroatoms. The zero-order valence-corrected chi connectivity index (χ0v) is 20.8. The number of amides is 1. The Hall–Kier alpha value is -2.96. The number of hydrogen-bond acceptors (Lipinski definition) is 6. The summed E-state index contributed by atoms with van der Waals surface area (Å²) in [5.74, 6) is -0.673. The minimum Gasteiger partial charge on any atom is -0.404 e. The standard InChI is InChI=1S/C24H22BrF3N4O4/c1-12-20-9-31(10-21(12)35-20)13(2)22(33)30-18-8-15(4-6-19(18)36-24(26,27)28)32-11-29-17-7-14(25)3-5-16(17)23(32)34/h3-8,11-13,20-21H,9-10H2,1-2H3,(H,30,33). The van der Waals surface area contributed by atoms with Gasteiger partial charge in [0.2, 0.25) is 5.91 Å². The Balaban J connectivity index is 1.46. The van der Waals surface area contributed by atoms with Gasteiger partial charge in [-0.25, -0.2) is 4.98 Å². The fourth-order valence-electron chi connectivity index (χ4n) is 4.55. The highest BCUT2D eigenvalue weighted by molar-refractivity contribution is 9.10. The molecule has 1 N–H and O–H groups in total. The summed E-state index contributed by atoms with van der Waals surface area (Å²) in [6.45, 7) is 4.91. The lowest BCUT2D eigenvalue weighted by atomic mass is 9.86. The van der Waals surface area contributed by atoms with Crippen molar-refractivity contribution in [2.75, 3.05) is 18.4 Å². The van der Waals surface area contributed by atoms with Crippen LogP contribution in [-0.2, 0) is 9.53 Å². The number of aromatic nitrogens is 2. The molecule has 3 fully saturated rings. The van der Waals surface area contributed by atoms with Crippen molar-refractivity contribution in [2.24, 2.45) is 5.92 Å². The lowest BCUT2D eigenvalue weighted by molar-refractivity contribution is -0.274. The van der Waals surface area contributed by atoms with Crippen molar-refractivity contribution in [3.63, 3.8) is 0 Å². The van der Waals surface area contributed by atoms with Crippen molar-refractivity contribution in [1.29, 1.82) is 0 Å². The van der Waals surface area contributed by atoms with Crippen LogP contribution in [0.2, 0.25) is 0 Å². The minimum absolute atomic E-state index is 0.0411. The number of alkyl halides is 3. The summed E-state index contributed by atoms with van der Waals surface area (Å²) < 4.78 is 51.0. The number of morpholine rings is 1. The maximum atomic E-state index is 13.1. The van der Waals surface area contributed by atoms with Crippen molar-refractivity contribution >= 4 is 38.4 Å². The van der Waals surface area contributed by atoms with E-state index >= 15 is 0 Å². The van der Waals surface area contributed by atoms with Crippen LogP contribution in [-0.4, -0.2) is 58.1 Å². The number of carbonyl (C=O) groups excluding carboxylic acids is 1. The molecule has 6 rings (SSSR count). The Morgan fingerprint density at radius 2 is 1.94 bits per heavy atom. The van der Waals surface area contributed by atoms with E-state index in [2.05, 4.69) is 37.9 Å². The molecular formula is C24H22BrF3N4O4. The Morgan fingerprint density at radius 1 is 1.22 bits per heavy atom. The molecule has 1 aromatic heterocycles. The second kappa shape index (κ2) is 9.16. The maximum absolute atomic E-state index is 13.1. The van der Waals surface area contributed by atoms with Gasteiger partial charge in [-0.2, -0.15) is 0 Å². The summed E-state index contributed by atoms with van der Waals surface area (Å²) in [6, 6.07) is 7.99. The second-order valence-electron chi connectivity index (χ2n) is 9.00. The first-order valence-electron chi connectivity index (χ1n) is 11.3. The van der Waals surface area contributed by atoms with Gasteiger partial charge >= 0.3 is 6.36 Å². The molecule has 3 saturated heterocycles. The highest BCUT2D eigenvalue weighted by atomic mass is 79.9. The summed E-state index contributed by atoms with van der Waals surface area (Å²) in [7, 11) is 0. The van der Waals surface area contributed by atoms with Gasteiger partial charge in [0, 0.05) is 23.5 Å². The lowest BCUT2D eigenvalue weighted by Crippen LogP contribution is -2.65. The van der Waals surface area contributed by atoms with Crippen LogP contribution in [0.25, 0.3) is 16.6 Å². The average molecular weight is 567 g/mol. The third-order valence-electron chi connectivity index (χ3n) is 6.72. The summed E-state index contributed by atoms with van der Waals surface area (Å²) in [4.78, 5) is 32.3. The van der Waals surface area contributed by atoms with Gasteiger partial charge in [0.05, 0.1) is 40.5 Å². The molecule has 36 heavy (non-hydrogen) atoms. The number of hydrogen-bond donors (Lipinski definition) is 1. The molecule has 2 bridgehead atoms. The quantitative estimate of drug-likeness (QED) is 0.500. The fraction of sp³-hybridized carbons (Fsp3) is 0.375. The van der Waals surface area contributed by atoms with Crippen LogP contribution in [0.3, 0.4) is 0 Å². The van der Waals surface area contributed by atoms with E-state index in [1.807, 2.05) is 4.90 Å². The van der Waals surface area contributed by atoms with Crippen molar-refractivity contribution in [3.05, 3.63) is 57.6 Å². The molecule has 190 valence electrons. The molecule has 0 spiro atoms. The fourth-order valence-corrected chi connectivity index (χ4v) is 4.90. The Bertz CT molecular complexity index is 1380. The number of anilines is 1. The minimum atomic E-state index is -4.97. The first-order valence-corrected chi connectivity index (χ1v) is 12.1. The number of fused-ring (bicyclic) bond motifs is 3. The average Bonchev–Trinajstić information content (AvgIpc) is 2.83. The number of carbonyl (C=O) groups is 1. The first-order chi connectivity index (χ1) is 17.0. The van der Waals surface area contributed by atoms with Crippen LogP contribution in [0, 0.1) is 5.92 Å². The van der Waals surface area contributed by atoms with E-state index in [1.54, 1.807) is 25.1 Å². The summed E-state index contributed by atoms with van der Waals surface area (Å²) in [5.41, 5.74) is 0.0553. The molecule has 0 saturated carbocycles. The number of benzene rings is 2. The van der Waals surface area contributed by atoms with Crippen LogP contribution >= 0.6 is 15.9 Å². The molecule has 2 aromatic carbocycles.